The molecule has 3 aliphatic rings. The Morgan fingerprint density at radius 3 is 2.00 bits per heavy atom. The Kier molecular flexibility index (Phi) is 4.61. The fourth-order valence-corrected chi connectivity index (χ4v) is 3.82. The Morgan fingerprint density at radius 2 is 1.38 bits per heavy atom. The Balaban J connectivity index is 1.49. The molecule has 0 radical (unpaired) electrons. The van der Waals surface area contributed by atoms with Gasteiger partial charge in [0.05, 0.1) is 0 Å². The first-order valence-electron chi connectivity index (χ1n) is 8.48. The van der Waals surface area contributed by atoms with Gasteiger partial charge in [0.25, 0.3) is 0 Å². The number of nitrogens with zero attached hydrogens (tertiary/aromatic N) is 2. The number of likely N-dealkylation sites (tertiary alicyclic amines) is 2. The summed E-state index contributed by atoms with van der Waals surface area (Å²) >= 11 is 0. The van der Waals surface area contributed by atoms with Crippen LogP contribution in [0.2, 0.25) is 0 Å². The second-order valence-electron chi connectivity index (χ2n) is 6.61. The van der Waals surface area contributed by atoms with E-state index in [1.54, 1.807) is 0 Å². The molecule has 4 nitrogen and oxygen atoms in total. The van der Waals surface area contributed by atoms with Gasteiger partial charge in [-0.15, -0.1) is 0 Å². The van der Waals surface area contributed by atoms with E-state index in [4.69, 9.17) is 0 Å². The first kappa shape index (κ1) is 14.6. The summed E-state index contributed by atoms with van der Waals surface area (Å²) in [6.07, 6.45) is 11.2. The van der Waals surface area contributed by atoms with Crippen molar-refractivity contribution >= 4 is 11.8 Å². The second kappa shape index (κ2) is 6.63. The molecule has 0 bridgehead atoms. The minimum atomic E-state index is 0.151. The molecule has 2 fully saturated rings. The zero-order chi connectivity index (χ0) is 14.7. The van der Waals surface area contributed by atoms with Gasteiger partial charge in [-0.3, -0.25) is 9.59 Å². The summed E-state index contributed by atoms with van der Waals surface area (Å²) in [5, 5.41) is 0. The zero-order valence-corrected chi connectivity index (χ0v) is 12.8. The van der Waals surface area contributed by atoms with Crippen molar-refractivity contribution in [3.8, 4) is 0 Å². The van der Waals surface area contributed by atoms with Gasteiger partial charge < -0.3 is 9.80 Å². The molecule has 21 heavy (non-hydrogen) atoms. The minimum absolute atomic E-state index is 0.151. The zero-order valence-electron chi connectivity index (χ0n) is 12.8. The standard InChI is InChI=1S/C17H26N2O2/c20-16(14-6-2-1-3-7-14)19-12-8-15(9-13-19)17(21)18-10-4-5-11-18/h1-2,14-15H,3-13H2. The molecule has 0 saturated carbocycles. The maximum atomic E-state index is 12.5. The van der Waals surface area contributed by atoms with Crippen molar-refractivity contribution in [1.82, 2.24) is 9.80 Å². The molecule has 2 aliphatic heterocycles. The van der Waals surface area contributed by atoms with Crippen LogP contribution in [0.4, 0.5) is 0 Å². The predicted molar refractivity (Wildman–Crippen MR) is 81.6 cm³/mol. The van der Waals surface area contributed by atoms with Crippen LogP contribution in [-0.2, 0) is 9.59 Å². The molecule has 116 valence electrons. The molecule has 1 aliphatic carbocycles. The normalized spacial score (nSPS) is 27.1. The Bertz CT molecular complexity index is 419. The average Bonchev–Trinajstić information content (AvgIpc) is 3.09. The first-order chi connectivity index (χ1) is 10.3. The molecule has 4 heteroatoms. The highest BCUT2D eigenvalue weighted by atomic mass is 16.2. The number of piperidine rings is 1. The summed E-state index contributed by atoms with van der Waals surface area (Å²) < 4.78 is 0. The number of amides is 2. The lowest BCUT2D eigenvalue weighted by atomic mass is 9.90. The minimum Gasteiger partial charge on any atom is -0.342 e. The number of rotatable bonds is 2. The Hall–Kier alpha value is -1.32. The molecular weight excluding hydrogens is 264 g/mol. The van der Waals surface area contributed by atoms with E-state index in [0.29, 0.717) is 11.8 Å². The van der Waals surface area contributed by atoms with Gasteiger partial charge in [-0.25, -0.2) is 0 Å². The van der Waals surface area contributed by atoms with Gasteiger partial charge >= 0.3 is 0 Å². The second-order valence-corrected chi connectivity index (χ2v) is 6.61. The van der Waals surface area contributed by atoms with Crippen LogP contribution in [0.1, 0.15) is 44.9 Å². The van der Waals surface area contributed by atoms with Crippen molar-refractivity contribution in [3.63, 3.8) is 0 Å². The lowest BCUT2D eigenvalue weighted by Crippen LogP contribution is -2.45. The molecule has 1 atom stereocenters. The van der Waals surface area contributed by atoms with E-state index >= 15 is 0 Å². The van der Waals surface area contributed by atoms with Crippen LogP contribution >= 0.6 is 0 Å². The molecule has 0 N–H and O–H groups in total. The third-order valence-electron chi connectivity index (χ3n) is 5.19. The largest absolute Gasteiger partial charge is 0.342 e. The van der Waals surface area contributed by atoms with E-state index in [2.05, 4.69) is 12.2 Å². The van der Waals surface area contributed by atoms with Crippen molar-refractivity contribution in [2.24, 2.45) is 11.8 Å². The summed E-state index contributed by atoms with van der Waals surface area (Å²) in [6, 6.07) is 0. The van der Waals surface area contributed by atoms with Gasteiger partial charge in [0.15, 0.2) is 0 Å². The van der Waals surface area contributed by atoms with E-state index in [1.165, 1.54) is 0 Å². The maximum Gasteiger partial charge on any atom is 0.226 e. The first-order valence-corrected chi connectivity index (χ1v) is 8.48. The fraction of sp³-hybridized carbons (Fsp3) is 0.765. The quantitative estimate of drug-likeness (QED) is 0.732. The predicted octanol–water partition coefficient (Wildman–Crippen LogP) is 2.20. The average molecular weight is 290 g/mol. The molecule has 2 amide bonds. The number of hydrogen-bond donors (Lipinski definition) is 0. The van der Waals surface area contributed by atoms with E-state index in [9.17, 15) is 9.59 Å². The molecule has 0 aromatic rings. The summed E-state index contributed by atoms with van der Waals surface area (Å²) in [6.45, 7) is 3.41. The van der Waals surface area contributed by atoms with Gasteiger partial charge in [-0.2, -0.15) is 0 Å². The van der Waals surface area contributed by atoms with Crippen LogP contribution in [0, 0.1) is 11.8 Å². The maximum absolute atomic E-state index is 12.5. The Morgan fingerprint density at radius 1 is 0.762 bits per heavy atom. The highest BCUT2D eigenvalue weighted by molar-refractivity contribution is 5.81. The lowest BCUT2D eigenvalue weighted by Gasteiger charge is -2.35. The number of carbonyl (C=O) groups excluding carboxylic acids is 2. The number of hydrogen-bond acceptors (Lipinski definition) is 2. The Labute approximate surface area is 127 Å². The van der Waals surface area contributed by atoms with Crippen molar-refractivity contribution < 1.29 is 9.59 Å². The van der Waals surface area contributed by atoms with E-state index in [-0.39, 0.29) is 11.8 Å². The van der Waals surface area contributed by atoms with Gasteiger partial charge in [0.1, 0.15) is 0 Å². The summed E-state index contributed by atoms with van der Waals surface area (Å²) in [5.41, 5.74) is 0. The highest BCUT2D eigenvalue weighted by Crippen LogP contribution is 2.26. The smallest absolute Gasteiger partial charge is 0.226 e. The van der Waals surface area contributed by atoms with Crippen molar-refractivity contribution in [3.05, 3.63) is 12.2 Å². The molecule has 0 spiro atoms. The van der Waals surface area contributed by atoms with Crippen molar-refractivity contribution in [2.45, 2.75) is 44.9 Å². The molecule has 2 heterocycles. The molecule has 0 aromatic heterocycles. The van der Waals surface area contributed by atoms with Crippen LogP contribution < -0.4 is 0 Å². The molecule has 1 unspecified atom stereocenters. The van der Waals surface area contributed by atoms with Crippen LogP contribution in [0.3, 0.4) is 0 Å². The van der Waals surface area contributed by atoms with Crippen LogP contribution in [-0.4, -0.2) is 47.8 Å². The summed E-state index contributed by atoms with van der Waals surface area (Å²) in [5.74, 6) is 0.978. The molecular formula is C17H26N2O2. The van der Waals surface area contributed by atoms with Gasteiger partial charge in [-0.05, 0) is 44.9 Å². The summed E-state index contributed by atoms with van der Waals surface area (Å²) in [4.78, 5) is 28.9. The molecule has 2 saturated heterocycles. The van der Waals surface area contributed by atoms with Crippen LogP contribution in [0.5, 0.6) is 0 Å². The molecule has 0 aromatic carbocycles. The van der Waals surface area contributed by atoms with Crippen molar-refractivity contribution in [2.75, 3.05) is 26.2 Å². The van der Waals surface area contributed by atoms with Crippen LogP contribution in [0.25, 0.3) is 0 Å². The number of carbonyl (C=O) groups is 2. The topological polar surface area (TPSA) is 40.6 Å². The highest BCUT2D eigenvalue weighted by Gasteiger charge is 2.33. The van der Waals surface area contributed by atoms with Gasteiger partial charge in [-0.1, -0.05) is 12.2 Å². The monoisotopic (exact) mass is 290 g/mol. The third-order valence-corrected chi connectivity index (χ3v) is 5.19. The van der Waals surface area contributed by atoms with Crippen molar-refractivity contribution in [1.29, 1.82) is 0 Å². The van der Waals surface area contributed by atoms with E-state index in [1.807, 2.05) is 9.80 Å². The van der Waals surface area contributed by atoms with Gasteiger partial charge in [0.2, 0.25) is 11.8 Å². The van der Waals surface area contributed by atoms with Gasteiger partial charge in [0, 0.05) is 38.0 Å². The van der Waals surface area contributed by atoms with Crippen LogP contribution in [0.15, 0.2) is 12.2 Å². The number of allylic oxidation sites excluding steroid dienone is 2. The molecule has 3 rings (SSSR count). The lowest BCUT2D eigenvalue weighted by molar-refractivity contribution is -0.142. The SMILES string of the molecule is O=C(C1CC=CCC1)N1CCC(C(=O)N2CCCC2)CC1. The van der Waals surface area contributed by atoms with E-state index < -0.39 is 0 Å². The third kappa shape index (κ3) is 3.30. The summed E-state index contributed by atoms with van der Waals surface area (Å²) in [7, 11) is 0. The fourth-order valence-electron chi connectivity index (χ4n) is 3.82. The van der Waals surface area contributed by atoms with E-state index in [0.717, 1.165) is 71.1 Å².